The molecule has 0 aromatic carbocycles. The average Bonchev–Trinajstić information content (AvgIpc) is 2.88. The molecule has 0 saturated carbocycles. The first-order valence-corrected chi connectivity index (χ1v) is 6.97. The summed E-state index contributed by atoms with van der Waals surface area (Å²) in [5, 5.41) is 3.59. The molecule has 102 valence electrons. The Morgan fingerprint density at radius 1 is 1.32 bits per heavy atom. The van der Waals surface area contributed by atoms with Crippen LogP contribution in [0.4, 0.5) is 0 Å². The summed E-state index contributed by atoms with van der Waals surface area (Å²) in [5.74, 6) is 1.05. The van der Waals surface area contributed by atoms with Crippen molar-refractivity contribution in [1.29, 1.82) is 0 Å². The van der Waals surface area contributed by atoms with Crippen molar-refractivity contribution in [3.63, 3.8) is 0 Å². The fraction of sp³-hybridized carbons (Fsp3) is 0.438. The van der Waals surface area contributed by atoms with Gasteiger partial charge in [0.1, 0.15) is 5.76 Å². The Balaban J connectivity index is 2.35. The van der Waals surface area contributed by atoms with E-state index in [-0.39, 0.29) is 6.04 Å². The quantitative estimate of drug-likeness (QED) is 0.859. The van der Waals surface area contributed by atoms with Crippen molar-refractivity contribution in [3.05, 3.63) is 53.2 Å². The number of hydrogen-bond acceptors (Lipinski definition) is 3. The van der Waals surface area contributed by atoms with Crippen LogP contribution in [0.3, 0.4) is 0 Å². The molecule has 0 aliphatic rings. The van der Waals surface area contributed by atoms with Gasteiger partial charge in [-0.05, 0) is 37.1 Å². The predicted molar refractivity (Wildman–Crippen MR) is 77.2 cm³/mol. The molecule has 0 fully saturated rings. The first-order chi connectivity index (χ1) is 9.26. The van der Waals surface area contributed by atoms with Gasteiger partial charge in [0.25, 0.3) is 0 Å². The van der Waals surface area contributed by atoms with Crippen LogP contribution in [0.15, 0.2) is 35.2 Å². The van der Waals surface area contributed by atoms with Gasteiger partial charge in [0.15, 0.2) is 0 Å². The Kier molecular flexibility index (Phi) is 4.74. The van der Waals surface area contributed by atoms with Crippen molar-refractivity contribution in [2.45, 2.75) is 39.7 Å². The second-order valence-corrected chi connectivity index (χ2v) is 4.84. The molecule has 2 aromatic rings. The molecule has 3 heteroatoms. The van der Waals surface area contributed by atoms with Crippen LogP contribution >= 0.6 is 0 Å². The molecule has 1 N–H and O–H groups in total. The van der Waals surface area contributed by atoms with Gasteiger partial charge in [-0.3, -0.25) is 4.98 Å². The molecule has 0 aliphatic carbocycles. The number of nitrogens with one attached hydrogen (secondary N) is 1. The Morgan fingerprint density at radius 2 is 2.16 bits per heavy atom. The van der Waals surface area contributed by atoms with Crippen LogP contribution in [0.5, 0.6) is 0 Å². The van der Waals surface area contributed by atoms with Crippen molar-refractivity contribution in [2.75, 3.05) is 6.54 Å². The Hall–Kier alpha value is -1.61. The van der Waals surface area contributed by atoms with Gasteiger partial charge >= 0.3 is 0 Å². The van der Waals surface area contributed by atoms with E-state index in [4.69, 9.17) is 4.42 Å². The molecule has 1 unspecified atom stereocenters. The first kappa shape index (κ1) is 13.8. The SMILES string of the molecule is CCCNC(c1cncc(C)c1)c1ccoc1CC. The molecule has 2 aromatic heterocycles. The lowest BCUT2D eigenvalue weighted by Crippen LogP contribution is -2.23. The van der Waals surface area contributed by atoms with E-state index in [1.165, 1.54) is 16.7 Å². The third kappa shape index (κ3) is 3.24. The van der Waals surface area contributed by atoms with Gasteiger partial charge in [-0.1, -0.05) is 19.9 Å². The molecule has 1 atom stereocenters. The maximum atomic E-state index is 5.57. The van der Waals surface area contributed by atoms with Crippen LogP contribution in [0.25, 0.3) is 0 Å². The van der Waals surface area contributed by atoms with Crippen molar-refractivity contribution < 1.29 is 4.42 Å². The molecule has 0 bridgehead atoms. The van der Waals surface area contributed by atoms with Crippen LogP contribution in [-0.2, 0) is 6.42 Å². The minimum absolute atomic E-state index is 0.168. The third-order valence-electron chi connectivity index (χ3n) is 3.24. The summed E-state index contributed by atoms with van der Waals surface area (Å²) in [6, 6.07) is 4.42. The zero-order valence-corrected chi connectivity index (χ0v) is 11.9. The third-order valence-corrected chi connectivity index (χ3v) is 3.24. The van der Waals surface area contributed by atoms with Gasteiger partial charge in [-0.25, -0.2) is 0 Å². The largest absolute Gasteiger partial charge is 0.469 e. The van der Waals surface area contributed by atoms with Gasteiger partial charge < -0.3 is 9.73 Å². The van der Waals surface area contributed by atoms with Gasteiger partial charge in [-0.15, -0.1) is 0 Å². The number of aromatic nitrogens is 1. The first-order valence-electron chi connectivity index (χ1n) is 6.97. The van der Waals surface area contributed by atoms with Gasteiger partial charge in [0, 0.05) is 24.4 Å². The number of pyridine rings is 1. The van der Waals surface area contributed by atoms with Crippen molar-refractivity contribution in [2.24, 2.45) is 0 Å². The molecule has 0 amide bonds. The molecular formula is C16H22N2O. The van der Waals surface area contributed by atoms with E-state index in [9.17, 15) is 0 Å². The summed E-state index contributed by atoms with van der Waals surface area (Å²) >= 11 is 0. The highest BCUT2D eigenvalue weighted by Gasteiger charge is 2.18. The van der Waals surface area contributed by atoms with Crippen molar-refractivity contribution in [1.82, 2.24) is 10.3 Å². The standard InChI is InChI=1S/C16H22N2O/c1-4-7-18-16(13-9-12(3)10-17-11-13)14-6-8-19-15(14)5-2/h6,8-11,16,18H,4-5,7H2,1-3H3. The summed E-state index contributed by atoms with van der Waals surface area (Å²) in [7, 11) is 0. The van der Waals surface area contributed by atoms with Crippen LogP contribution in [-0.4, -0.2) is 11.5 Å². The van der Waals surface area contributed by atoms with Crippen LogP contribution in [0.1, 0.15) is 48.8 Å². The highest BCUT2D eigenvalue weighted by Crippen LogP contribution is 2.26. The Bertz CT molecular complexity index is 519. The Morgan fingerprint density at radius 3 is 2.84 bits per heavy atom. The summed E-state index contributed by atoms with van der Waals surface area (Å²) in [6.45, 7) is 7.35. The molecule has 3 nitrogen and oxygen atoms in total. The molecule has 0 aliphatic heterocycles. The van der Waals surface area contributed by atoms with Gasteiger partial charge in [0.2, 0.25) is 0 Å². The molecule has 0 saturated heterocycles. The maximum Gasteiger partial charge on any atom is 0.108 e. The fourth-order valence-electron chi connectivity index (χ4n) is 2.33. The summed E-state index contributed by atoms with van der Waals surface area (Å²) in [6.07, 6.45) is 7.61. The molecule has 2 rings (SSSR count). The lowest BCUT2D eigenvalue weighted by Gasteiger charge is -2.19. The van der Waals surface area contributed by atoms with E-state index >= 15 is 0 Å². The summed E-state index contributed by atoms with van der Waals surface area (Å²) in [4.78, 5) is 4.31. The fourth-order valence-corrected chi connectivity index (χ4v) is 2.33. The summed E-state index contributed by atoms with van der Waals surface area (Å²) < 4.78 is 5.57. The smallest absolute Gasteiger partial charge is 0.108 e. The highest BCUT2D eigenvalue weighted by molar-refractivity contribution is 5.33. The normalized spacial score (nSPS) is 12.6. The summed E-state index contributed by atoms with van der Waals surface area (Å²) in [5.41, 5.74) is 3.61. The second-order valence-electron chi connectivity index (χ2n) is 4.84. The molecule has 0 spiro atoms. The minimum atomic E-state index is 0.168. The lowest BCUT2D eigenvalue weighted by atomic mass is 9.98. The predicted octanol–water partition coefficient (Wildman–Crippen LogP) is 3.63. The van der Waals surface area contributed by atoms with E-state index < -0.39 is 0 Å². The maximum absolute atomic E-state index is 5.57. The van der Waals surface area contributed by atoms with Crippen LogP contribution in [0.2, 0.25) is 0 Å². The van der Waals surface area contributed by atoms with Crippen molar-refractivity contribution >= 4 is 0 Å². The van der Waals surface area contributed by atoms with Crippen LogP contribution in [0, 0.1) is 6.92 Å². The van der Waals surface area contributed by atoms with E-state index in [2.05, 4.69) is 43.2 Å². The molecule has 2 heterocycles. The van der Waals surface area contributed by atoms with Crippen molar-refractivity contribution in [3.8, 4) is 0 Å². The van der Waals surface area contributed by atoms with Gasteiger partial charge in [-0.2, -0.15) is 0 Å². The second kappa shape index (κ2) is 6.53. The van der Waals surface area contributed by atoms with E-state index in [0.717, 1.165) is 25.1 Å². The van der Waals surface area contributed by atoms with Gasteiger partial charge in [0.05, 0.1) is 12.3 Å². The number of nitrogens with zero attached hydrogens (tertiary/aromatic N) is 1. The topological polar surface area (TPSA) is 38.1 Å². The molecule has 19 heavy (non-hydrogen) atoms. The number of furan rings is 1. The number of hydrogen-bond donors (Lipinski definition) is 1. The minimum Gasteiger partial charge on any atom is -0.469 e. The monoisotopic (exact) mass is 258 g/mol. The van der Waals surface area contributed by atoms with Crippen LogP contribution < -0.4 is 5.32 Å². The average molecular weight is 258 g/mol. The Labute approximate surface area is 115 Å². The zero-order chi connectivity index (χ0) is 13.7. The zero-order valence-electron chi connectivity index (χ0n) is 11.9. The van der Waals surface area contributed by atoms with E-state index in [1.54, 1.807) is 6.26 Å². The lowest BCUT2D eigenvalue weighted by molar-refractivity contribution is 0.499. The van der Waals surface area contributed by atoms with E-state index in [0.29, 0.717) is 0 Å². The number of aryl methyl sites for hydroxylation is 2. The molecule has 0 radical (unpaired) electrons. The van der Waals surface area contributed by atoms with E-state index in [1.807, 2.05) is 12.4 Å². The molecular weight excluding hydrogens is 236 g/mol. The number of rotatable bonds is 6. The highest BCUT2D eigenvalue weighted by atomic mass is 16.3.